The Bertz CT molecular complexity index is 839. The molecule has 3 rings (SSSR count). The molecular weight excluding hydrogens is 369 g/mol. The van der Waals surface area contributed by atoms with Crippen LogP contribution in [0.15, 0.2) is 54.1 Å². The molecule has 1 aliphatic heterocycles. The highest BCUT2D eigenvalue weighted by molar-refractivity contribution is 6.34. The van der Waals surface area contributed by atoms with Crippen LogP contribution in [0, 0.1) is 0 Å². The second kappa shape index (κ2) is 7.43. The van der Waals surface area contributed by atoms with Gasteiger partial charge in [0.15, 0.2) is 0 Å². The van der Waals surface area contributed by atoms with E-state index in [9.17, 15) is 4.79 Å². The van der Waals surface area contributed by atoms with Crippen LogP contribution in [0.2, 0.25) is 10.0 Å². The Labute approximate surface area is 164 Å². The van der Waals surface area contributed by atoms with Crippen LogP contribution in [-0.2, 0) is 15.1 Å². The molecule has 0 saturated heterocycles. The number of halogens is 2. The average molecular weight is 390 g/mol. The quantitative estimate of drug-likeness (QED) is 0.705. The van der Waals surface area contributed by atoms with Gasteiger partial charge in [-0.3, -0.25) is 4.79 Å². The molecule has 0 unspecified atom stereocenters. The molecule has 0 saturated carbocycles. The highest BCUT2D eigenvalue weighted by Gasteiger charge is 2.40. The zero-order chi connectivity index (χ0) is 18.9. The summed E-state index contributed by atoms with van der Waals surface area (Å²) in [7, 11) is 1.64. The monoisotopic (exact) mass is 389 g/mol. The van der Waals surface area contributed by atoms with Gasteiger partial charge in [-0.2, -0.15) is 0 Å². The summed E-state index contributed by atoms with van der Waals surface area (Å²) in [6.07, 6.45) is 0. The molecule has 0 fully saturated rings. The lowest BCUT2D eigenvalue weighted by Gasteiger charge is -2.37. The summed E-state index contributed by atoms with van der Waals surface area (Å²) >= 11 is 12.4. The average Bonchev–Trinajstić information content (AvgIpc) is 2.92. The van der Waals surface area contributed by atoms with Gasteiger partial charge < -0.3 is 9.64 Å². The molecule has 0 aromatic heterocycles. The van der Waals surface area contributed by atoms with E-state index < -0.39 is 5.54 Å². The summed E-state index contributed by atoms with van der Waals surface area (Å²) in [4.78, 5) is 15.2. The van der Waals surface area contributed by atoms with Crippen molar-refractivity contribution < 1.29 is 9.53 Å². The van der Waals surface area contributed by atoms with Crippen LogP contribution in [0.25, 0.3) is 5.57 Å². The van der Waals surface area contributed by atoms with Crippen LogP contribution >= 0.6 is 23.2 Å². The Morgan fingerprint density at radius 1 is 1.08 bits per heavy atom. The smallest absolute Gasteiger partial charge is 0.255 e. The molecule has 2 aromatic carbocycles. The largest absolute Gasteiger partial charge is 0.380 e. The fourth-order valence-electron chi connectivity index (χ4n) is 3.37. The maximum Gasteiger partial charge on any atom is 0.255 e. The van der Waals surface area contributed by atoms with E-state index >= 15 is 0 Å². The third-order valence-electron chi connectivity index (χ3n) is 4.79. The number of methoxy groups -OCH3 is 1. The first kappa shape index (κ1) is 19.0. The van der Waals surface area contributed by atoms with Crippen molar-refractivity contribution in [3.63, 3.8) is 0 Å². The fraction of sp³-hybridized carbons (Fsp3) is 0.286. The standard InChI is InChI=1S/C21H21Cl2NO2/c1-21(2,16-9-17(22)11-18(23)10-16)24-12-15(13-26-3)19(20(24)25)14-7-5-4-6-8-14/h4-11H,12-13H2,1-3H3. The van der Waals surface area contributed by atoms with E-state index in [1.807, 2.05) is 61.2 Å². The SMILES string of the molecule is COCC1=C(c2ccccc2)C(=O)N(C(C)(C)c2cc(Cl)cc(Cl)c2)C1. The molecule has 0 spiro atoms. The minimum absolute atomic E-state index is 0.00986. The number of carbonyl (C=O) groups is 1. The number of benzene rings is 2. The van der Waals surface area contributed by atoms with E-state index in [2.05, 4.69) is 0 Å². The maximum absolute atomic E-state index is 13.3. The van der Waals surface area contributed by atoms with E-state index in [-0.39, 0.29) is 5.91 Å². The molecule has 2 aromatic rings. The molecule has 0 radical (unpaired) electrons. The summed E-state index contributed by atoms with van der Waals surface area (Å²) in [6.45, 7) is 4.93. The van der Waals surface area contributed by atoms with Gasteiger partial charge in [-0.1, -0.05) is 53.5 Å². The van der Waals surface area contributed by atoms with Gasteiger partial charge in [-0.05, 0) is 48.7 Å². The van der Waals surface area contributed by atoms with Crippen molar-refractivity contribution in [3.8, 4) is 0 Å². The normalized spacial score (nSPS) is 15.1. The second-order valence-corrected chi connectivity index (χ2v) is 7.76. The second-order valence-electron chi connectivity index (χ2n) is 6.89. The Morgan fingerprint density at radius 2 is 1.69 bits per heavy atom. The molecule has 0 aliphatic carbocycles. The maximum atomic E-state index is 13.3. The molecule has 1 aliphatic rings. The summed E-state index contributed by atoms with van der Waals surface area (Å²) < 4.78 is 5.35. The van der Waals surface area contributed by atoms with Crippen molar-refractivity contribution in [2.75, 3.05) is 20.3 Å². The van der Waals surface area contributed by atoms with Crippen molar-refractivity contribution in [2.45, 2.75) is 19.4 Å². The summed E-state index contributed by atoms with van der Waals surface area (Å²) in [5.41, 5.74) is 2.93. The topological polar surface area (TPSA) is 29.5 Å². The van der Waals surface area contributed by atoms with Gasteiger partial charge in [0.05, 0.1) is 17.7 Å². The Hall–Kier alpha value is -1.81. The minimum Gasteiger partial charge on any atom is -0.380 e. The van der Waals surface area contributed by atoms with Crippen LogP contribution in [-0.4, -0.2) is 31.1 Å². The highest BCUT2D eigenvalue weighted by Crippen LogP contribution is 2.39. The number of nitrogens with zero attached hydrogens (tertiary/aromatic N) is 1. The first-order valence-corrected chi connectivity index (χ1v) is 9.15. The van der Waals surface area contributed by atoms with Gasteiger partial charge in [-0.15, -0.1) is 0 Å². The lowest BCUT2D eigenvalue weighted by molar-refractivity contribution is -0.128. The van der Waals surface area contributed by atoms with E-state index in [0.29, 0.717) is 28.8 Å². The number of hydrogen-bond donors (Lipinski definition) is 0. The fourth-order valence-corrected chi connectivity index (χ4v) is 3.89. The van der Waals surface area contributed by atoms with Crippen molar-refractivity contribution in [1.82, 2.24) is 4.90 Å². The van der Waals surface area contributed by atoms with Crippen LogP contribution in [0.1, 0.15) is 25.0 Å². The van der Waals surface area contributed by atoms with Crippen LogP contribution in [0.4, 0.5) is 0 Å². The predicted molar refractivity (Wildman–Crippen MR) is 106 cm³/mol. The van der Waals surface area contributed by atoms with Crippen molar-refractivity contribution in [3.05, 3.63) is 75.3 Å². The van der Waals surface area contributed by atoms with Gasteiger partial charge in [-0.25, -0.2) is 0 Å². The van der Waals surface area contributed by atoms with Gasteiger partial charge in [0.2, 0.25) is 0 Å². The number of rotatable bonds is 5. The summed E-state index contributed by atoms with van der Waals surface area (Å²) in [5, 5.41) is 1.11. The van der Waals surface area contributed by atoms with E-state index in [4.69, 9.17) is 27.9 Å². The Morgan fingerprint density at radius 3 is 2.27 bits per heavy atom. The van der Waals surface area contributed by atoms with Crippen LogP contribution in [0.5, 0.6) is 0 Å². The van der Waals surface area contributed by atoms with Gasteiger partial charge in [0.25, 0.3) is 5.91 Å². The lowest BCUT2D eigenvalue weighted by Crippen LogP contribution is -2.43. The number of ether oxygens (including phenoxy) is 1. The Kier molecular flexibility index (Phi) is 5.42. The minimum atomic E-state index is -0.568. The highest BCUT2D eigenvalue weighted by atomic mass is 35.5. The third-order valence-corrected chi connectivity index (χ3v) is 5.22. The molecule has 3 nitrogen and oxygen atoms in total. The third kappa shape index (κ3) is 3.52. The van der Waals surface area contributed by atoms with Gasteiger partial charge in [0, 0.05) is 23.7 Å². The van der Waals surface area contributed by atoms with Crippen LogP contribution < -0.4 is 0 Å². The van der Waals surface area contributed by atoms with Crippen molar-refractivity contribution >= 4 is 34.7 Å². The van der Waals surface area contributed by atoms with Crippen LogP contribution in [0.3, 0.4) is 0 Å². The molecule has 26 heavy (non-hydrogen) atoms. The van der Waals surface area contributed by atoms with Crippen molar-refractivity contribution in [1.29, 1.82) is 0 Å². The molecular formula is C21H21Cl2NO2. The zero-order valence-corrected chi connectivity index (χ0v) is 16.6. The number of carbonyl (C=O) groups excluding carboxylic acids is 1. The molecule has 1 heterocycles. The Balaban J connectivity index is 2.01. The van der Waals surface area contributed by atoms with E-state index in [1.54, 1.807) is 13.2 Å². The van der Waals surface area contributed by atoms with E-state index in [0.717, 1.165) is 16.7 Å². The molecule has 0 bridgehead atoms. The van der Waals surface area contributed by atoms with Crippen molar-refractivity contribution in [2.24, 2.45) is 0 Å². The first-order chi connectivity index (χ1) is 12.3. The van der Waals surface area contributed by atoms with Gasteiger partial charge in [0.1, 0.15) is 0 Å². The molecule has 0 N–H and O–H groups in total. The molecule has 0 atom stereocenters. The predicted octanol–water partition coefficient (Wildman–Crippen LogP) is 5.17. The zero-order valence-electron chi connectivity index (χ0n) is 15.1. The first-order valence-electron chi connectivity index (χ1n) is 8.39. The lowest BCUT2D eigenvalue weighted by atomic mass is 9.92. The van der Waals surface area contributed by atoms with E-state index in [1.165, 1.54) is 0 Å². The van der Waals surface area contributed by atoms with Gasteiger partial charge >= 0.3 is 0 Å². The molecule has 1 amide bonds. The number of amides is 1. The molecule has 136 valence electrons. The number of hydrogen-bond acceptors (Lipinski definition) is 2. The summed E-state index contributed by atoms with van der Waals surface area (Å²) in [5.74, 6) is -0.00986. The molecule has 5 heteroatoms. The summed E-state index contributed by atoms with van der Waals surface area (Å²) in [6, 6.07) is 15.1.